The van der Waals surface area contributed by atoms with Crippen LogP contribution >= 0.6 is 0 Å². The van der Waals surface area contributed by atoms with Gasteiger partial charge in [0.05, 0.1) is 80.5 Å². The first kappa shape index (κ1) is 43.5. The van der Waals surface area contributed by atoms with Crippen LogP contribution in [-0.4, -0.2) is 91.9 Å². The van der Waals surface area contributed by atoms with Gasteiger partial charge in [0.25, 0.3) is 0 Å². The maximum Gasteiger partial charge on any atom is 0.317 e. The van der Waals surface area contributed by atoms with Gasteiger partial charge in [-0.3, -0.25) is 47.9 Å². The molecule has 0 spiro atoms. The van der Waals surface area contributed by atoms with E-state index in [0.29, 0.717) is 12.8 Å². The molecule has 9 fully saturated rings. The first-order valence-corrected chi connectivity index (χ1v) is 22.2. The minimum absolute atomic E-state index is 0.0692. The van der Waals surface area contributed by atoms with Crippen LogP contribution in [0.4, 0.5) is 0 Å². The fourth-order valence-corrected chi connectivity index (χ4v) is 15.9. The van der Waals surface area contributed by atoms with Crippen molar-refractivity contribution in [1.29, 1.82) is 0 Å². The van der Waals surface area contributed by atoms with Crippen molar-refractivity contribution < 1.29 is 86.2 Å². The van der Waals surface area contributed by atoms with Crippen molar-refractivity contribution in [3.05, 3.63) is 0 Å². The van der Waals surface area contributed by atoms with Crippen LogP contribution in [0, 0.1) is 130 Å². The van der Waals surface area contributed by atoms with Crippen molar-refractivity contribution in [3.63, 3.8) is 0 Å². The molecule has 63 heavy (non-hydrogen) atoms. The standard InChI is InChI=1S/C45H54O18/c1-13-15-8-17(19(9-15)36(47)57-5)23(13)31-32(42(53)61-41(31)52)25-16-10-18(20(11-16)37(48)63-45(3,4)56)26(25)33-34(44(55)62-43(33)54)28-22-12-21(27(28)24-14(2)35(46)60-40(24)51)29(38(49)58-6)30(22)39(50)59-7/h13-34,56H,8-12H2,1-7H3. The molecule has 0 radical (unpaired) electrons. The maximum absolute atomic E-state index is 14.6. The number of carbonyl (C=O) groups is 10. The third-order valence-electron chi connectivity index (χ3n) is 17.7. The van der Waals surface area contributed by atoms with Crippen LogP contribution in [0.1, 0.15) is 59.8 Å². The van der Waals surface area contributed by atoms with Crippen molar-refractivity contribution >= 4 is 59.7 Å². The molecular formula is C45H54O18. The summed E-state index contributed by atoms with van der Waals surface area (Å²) in [5.74, 6) is -28.4. The summed E-state index contributed by atoms with van der Waals surface area (Å²) in [6.45, 7) is 6.07. The van der Waals surface area contributed by atoms with E-state index in [1.807, 2.05) is 6.92 Å². The number of methoxy groups -OCH3 is 3. The molecule has 342 valence electrons. The molecule has 6 saturated carbocycles. The molecule has 0 aromatic heterocycles. The van der Waals surface area contributed by atoms with E-state index in [1.165, 1.54) is 27.9 Å². The van der Waals surface area contributed by atoms with Crippen LogP contribution in [0.2, 0.25) is 0 Å². The molecule has 22 atom stereocenters. The molecule has 6 aliphatic carbocycles. The molecule has 0 aromatic rings. The van der Waals surface area contributed by atoms with Crippen molar-refractivity contribution in [2.75, 3.05) is 21.3 Å². The molecule has 9 aliphatic rings. The van der Waals surface area contributed by atoms with Gasteiger partial charge in [0, 0.05) is 13.8 Å². The van der Waals surface area contributed by atoms with Gasteiger partial charge >= 0.3 is 59.7 Å². The Balaban J connectivity index is 1.17. The third kappa shape index (κ3) is 6.33. The molecule has 1 N–H and O–H groups in total. The summed E-state index contributed by atoms with van der Waals surface area (Å²) >= 11 is 0. The van der Waals surface area contributed by atoms with Gasteiger partial charge < -0.3 is 38.3 Å². The fourth-order valence-electron chi connectivity index (χ4n) is 15.9. The lowest BCUT2D eigenvalue weighted by atomic mass is 9.53. The predicted molar refractivity (Wildman–Crippen MR) is 203 cm³/mol. The Morgan fingerprint density at radius 1 is 0.492 bits per heavy atom. The Bertz CT molecular complexity index is 2070. The van der Waals surface area contributed by atoms with Crippen LogP contribution in [0.15, 0.2) is 0 Å². The van der Waals surface area contributed by atoms with Crippen molar-refractivity contribution in [3.8, 4) is 0 Å². The van der Waals surface area contributed by atoms with Gasteiger partial charge in [0.2, 0.25) is 5.79 Å². The monoisotopic (exact) mass is 882 g/mol. The Hall–Kier alpha value is -4.74. The zero-order chi connectivity index (χ0) is 45.5. The zero-order valence-electron chi connectivity index (χ0n) is 36.1. The van der Waals surface area contributed by atoms with E-state index in [4.69, 9.17) is 33.2 Å². The minimum Gasteiger partial charge on any atom is -0.469 e. The molecule has 22 unspecified atom stereocenters. The first-order chi connectivity index (χ1) is 29.7. The molecule has 18 heteroatoms. The van der Waals surface area contributed by atoms with Gasteiger partial charge in [0.15, 0.2) is 0 Å². The van der Waals surface area contributed by atoms with Gasteiger partial charge in [-0.15, -0.1) is 0 Å². The van der Waals surface area contributed by atoms with Gasteiger partial charge in [-0.2, -0.15) is 0 Å². The highest BCUT2D eigenvalue weighted by Gasteiger charge is 2.75. The number of rotatable bonds is 10. The van der Waals surface area contributed by atoms with E-state index >= 15 is 0 Å². The lowest BCUT2D eigenvalue weighted by Gasteiger charge is -2.46. The first-order valence-electron chi connectivity index (χ1n) is 22.2. The number of esters is 10. The van der Waals surface area contributed by atoms with E-state index in [1.54, 1.807) is 0 Å². The lowest BCUT2D eigenvalue weighted by molar-refractivity contribution is -0.203. The minimum atomic E-state index is -1.88. The lowest BCUT2D eigenvalue weighted by Crippen LogP contribution is -2.53. The number of carbonyl (C=O) groups excluding carboxylic acids is 10. The normalized spacial score (nSPS) is 46.9. The van der Waals surface area contributed by atoms with Crippen LogP contribution in [0.3, 0.4) is 0 Å². The molecule has 18 nitrogen and oxygen atoms in total. The van der Waals surface area contributed by atoms with Crippen molar-refractivity contribution in [1.82, 2.24) is 0 Å². The summed E-state index contributed by atoms with van der Waals surface area (Å²) in [5, 5.41) is 10.6. The molecule has 3 saturated heterocycles. The summed E-state index contributed by atoms with van der Waals surface area (Å²) in [6.07, 6.45) is 1.75. The number of hydrogen-bond acceptors (Lipinski definition) is 18. The van der Waals surface area contributed by atoms with Crippen LogP contribution in [0.5, 0.6) is 0 Å². The SMILES string of the molecule is COC(=O)C1CC2CC1C(C1C(=O)OC(=O)C1C1C3CC(C(=O)OC(C)(C)O)C(C3)C1C1C(=O)OC(=O)C1C1C3CC(C(C(=O)OC)C3C(=O)OC)C1C1C(=O)OC(=O)C1C)C2C. The molecule has 6 bridgehead atoms. The number of aliphatic hydroxyl groups is 1. The van der Waals surface area contributed by atoms with Gasteiger partial charge in [-0.1, -0.05) is 13.8 Å². The second-order valence-corrected chi connectivity index (χ2v) is 20.4. The number of hydrogen-bond donors (Lipinski definition) is 1. The Morgan fingerprint density at radius 3 is 1.37 bits per heavy atom. The van der Waals surface area contributed by atoms with E-state index in [-0.39, 0.29) is 37.0 Å². The van der Waals surface area contributed by atoms with E-state index in [0.717, 1.165) is 14.2 Å². The Morgan fingerprint density at radius 2 is 0.889 bits per heavy atom. The fraction of sp³-hybridized carbons (Fsp3) is 0.778. The smallest absolute Gasteiger partial charge is 0.317 e. The molecule has 0 aromatic carbocycles. The zero-order valence-corrected chi connectivity index (χ0v) is 36.1. The summed E-state index contributed by atoms with van der Waals surface area (Å²) in [4.78, 5) is 139. The van der Waals surface area contributed by atoms with Crippen molar-refractivity contribution in [2.45, 2.75) is 65.6 Å². The van der Waals surface area contributed by atoms with Crippen LogP contribution < -0.4 is 0 Å². The van der Waals surface area contributed by atoms with Gasteiger partial charge in [0.1, 0.15) is 0 Å². The maximum atomic E-state index is 14.6. The number of fused-ring (bicyclic) bond motifs is 6. The average molecular weight is 883 g/mol. The molecule has 0 amide bonds. The average Bonchev–Trinajstić information content (AvgIpc) is 4.11. The van der Waals surface area contributed by atoms with Crippen molar-refractivity contribution in [2.24, 2.45) is 130 Å². The second-order valence-electron chi connectivity index (χ2n) is 20.4. The molecule has 9 rings (SSSR count). The quantitative estimate of drug-likeness (QED) is 0.142. The second kappa shape index (κ2) is 15.2. The number of cyclic esters (lactones) is 6. The molecule has 3 heterocycles. The summed E-state index contributed by atoms with van der Waals surface area (Å²) in [5.41, 5.74) is 0. The highest BCUT2D eigenvalue weighted by molar-refractivity contribution is 6.00. The third-order valence-corrected chi connectivity index (χ3v) is 17.7. The number of ether oxygens (including phenoxy) is 7. The van der Waals surface area contributed by atoms with Gasteiger partial charge in [-0.05, 0) is 103 Å². The van der Waals surface area contributed by atoms with E-state index < -0.39 is 178 Å². The largest absolute Gasteiger partial charge is 0.469 e. The topological polar surface area (TPSA) is 256 Å². The Labute approximate surface area is 362 Å². The van der Waals surface area contributed by atoms with E-state index in [2.05, 4.69) is 0 Å². The highest BCUT2D eigenvalue weighted by Crippen LogP contribution is 2.70. The molecular weight excluding hydrogens is 828 g/mol. The highest BCUT2D eigenvalue weighted by atomic mass is 16.7. The summed E-state index contributed by atoms with van der Waals surface area (Å²) in [6, 6.07) is 0. The van der Waals surface area contributed by atoms with Crippen LogP contribution in [0.25, 0.3) is 0 Å². The van der Waals surface area contributed by atoms with E-state index in [9.17, 15) is 53.1 Å². The summed E-state index contributed by atoms with van der Waals surface area (Å²) < 4.78 is 37.1. The summed E-state index contributed by atoms with van der Waals surface area (Å²) in [7, 11) is 3.61. The molecule has 3 aliphatic heterocycles. The van der Waals surface area contributed by atoms with Gasteiger partial charge in [-0.25, -0.2) is 0 Å². The Kier molecular flexibility index (Phi) is 10.5. The predicted octanol–water partition coefficient (Wildman–Crippen LogP) is 1.66. The van der Waals surface area contributed by atoms with Crippen LogP contribution in [-0.2, 0) is 81.1 Å².